The van der Waals surface area contributed by atoms with Gasteiger partial charge in [0.1, 0.15) is 6.04 Å². The number of hydrogen-bond donors (Lipinski definition) is 1. The molecule has 7 heteroatoms. The first-order valence-electron chi connectivity index (χ1n) is 5.89. The van der Waals surface area contributed by atoms with Gasteiger partial charge in [0.25, 0.3) is 0 Å². The fourth-order valence-electron chi connectivity index (χ4n) is 2.14. The van der Waals surface area contributed by atoms with Crippen molar-refractivity contribution in [3.8, 4) is 0 Å². The molecule has 0 aliphatic carbocycles. The lowest BCUT2D eigenvalue weighted by molar-refractivity contribution is -0.163. The van der Waals surface area contributed by atoms with E-state index in [1.165, 1.54) is 7.11 Å². The first-order chi connectivity index (χ1) is 8.61. The second-order valence-electron chi connectivity index (χ2n) is 4.33. The summed E-state index contributed by atoms with van der Waals surface area (Å²) in [5, 5.41) is 2.62. The maximum atomic E-state index is 12.1. The summed E-state index contributed by atoms with van der Waals surface area (Å²) in [6, 6.07) is -0.464. The van der Waals surface area contributed by atoms with Gasteiger partial charge in [-0.1, -0.05) is 0 Å². The Hall–Kier alpha value is -1.63. The molecule has 7 nitrogen and oxygen atoms in total. The average Bonchev–Trinajstić information content (AvgIpc) is 2.83. The van der Waals surface area contributed by atoms with Crippen LogP contribution in [0.4, 0.5) is 0 Å². The first kappa shape index (κ1) is 12.8. The van der Waals surface area contributed by atoms with E-state index in [1.807, 2.05) is 0 Å². The van der Waals surface area contributed by atoms with Crippen LogP contribution in [-0.4, -0.2) is 61.6 Å². The topological polar surface area (TPSA) is 84.9 Å². The Balaban J connectivity index is 1.94. The number of hydrogen-bond acceptors (Lipinski definition) is 5. The number of amides is 2. The minimum Gasteiger partial charge on any atom is -0.467 e. The molecule has 0 radical (unpaired) electrons. The minimum absolute atomic E-state index is 0.105. The largest absolute Gasteiger partial charge is 0.467 e. The molecule has 1 unspecified atom stereocenters. The number of morpholine rings is 1. The number of carbonyl (C=O) groups excluding carboxylic acids is 3. The van der Waals surface area contributed by atoms with E-state index in [4.69, 9.17) is 4.74 Å². The van der Waals surface area contributed by atoms with Gasteiger partial charge in [-0.3, -0.25) is 9.59 Å². The normalized spacial score (nSPS) is 27.8. The standard InChI is InChI=1S/C11H16N2O5/c1-17-11(16)8-6-13(4-5-18-8)10(15)7-2-3-9(14)12-7/h7-8H,2-6H2,1H3,(H,12,14)/t7-,8?/m1/s1. The van der Waals surface area contributed by atoms with Crippen LogP contribution in [0.5, 0.6) is 0 Å². The van der Waals surface area contributed by atoms with Crippen molar-refractivity contribution < 1.29 is 23.9 Å². The summed E-state index contributed by atoms with van der Waals surface area (Å²) < 4.78 is 9.83. The lowest BCUT2D eigenvalue weighted by atomic mass is 10.1. The zero-order valence-corrected chi connectivity index (χ0v) is 10.2. The predicted molar refractivity (Wildman–Crippen MR) is 59.5 cm³/mol. The third-order valence-corrected chi connectivity index (χ3v) is 3.14. The van der Waals surface area contributed by atoms with E-state index in [1.54, 1.807) is 4.90 Å². The van der Waals surface area contributed by atoms with Crippen LogP contribution in [0.3, 0.4) is 0 Å². The molecule has 2 rings (SSSR count). The third-order valence-electron chi connectivity index (χ3n) is 3.14. The van der Waals surface area contributed by atoms with Crippen LogP contribution in [0.2, 0.25) is 0 Å². The summed E-state index contributed by atoms with van der Waals surface area (Å²) in [5.74, 6) is -0.743. The lowest BCUT2D eigenvalue weighted by Gasteiger charge is -2.32. The molecule has 2 heterocycles. The highest BCUT2D eigenvalue weighted by Gasteiger charge is 2.35. The van der Waals surface area contributed by atoms with E-state index < -0.39 is 18.1 Å². The van der Waals surface area contributed by atoms with Crippen molar-refractivity contribution in [3.63, 3.8) is 0 Å². The second kappa shape index (κ2) is 5.34. The van der Waals surface area contributed by atoms with Gasteiger partial charge in [-0.15, -0.1) is 0 Å². The first-order valence-corrected chi connectivity index (χ1v) is 5.89. The summed E-state index contributed by atoms with van der Waals surface area (Å²) in [4.78, 5) is 36.1. The Morgan fingerprint density at radius 1 is 1.50 bits per heavy atom. The molecule has 0 aromatic carbocycles. The fourth-order valence-corrected chi connectivity index (χ4v) is 2.14. The Morgan fingerprint density at radius 3 is 2.89 bits per heavy atom. The van der Waals surface area contributed by atoms with Gasteiger partial charge in [0.05, 0.1) is 20.3 Å². The summed E-state index contributed by atoms with van der Waals surface area (Å²) in [7, 11) is 1.28. The zero-order valence-electron chi connectivity index (χ0n) is 10.2. The molecule has 2 fully saturated rings. The smallest absolute Gasteiger partial charge is 0.336 e. The number of rotatable bonds is 2. The Kier molecular flexibility index (Phi) is 3.81. The molecule has 0 aromatic heterocycles. The van der Waals surface area contributed by atoms with E-state index in [9.17, 15) is 14.4 Å². The van der Waals surface area contributed by atoms with Gasteiger partial charge in [0.2, 0.25) is 11.8 Å². The Labute approximate surface area is 104 Å². The third kappa shape index (κ3) is 2.61. The van der Waals surface area contributed by atoms with Gasteiger partial charge in [0, 0.05) is 13.0 Å². The van der Waals surface area contributed by atoms with Crippen LogP contribution in [0.15, 0.2) is 0 Å². The predicted octanol–water partition coefficient (Wildman–Crippen LogP) is -1.33. The molecule has 1 N–H and O–H groups in total. The van der Waals surface area contributed by atoms with Crippen molar-refractivity contribution in [2.75, 3.05) is 26.8 Å². The van der Waals surface area contributed by atoms with E-state index >= 15 is 0 Å². The van der Waals surface area contributed by atoms with E-state index in [2.05, 4.69) is 10.1 Å². The zero-order chi connectivity index (χ0) is 13.1. The van der Waals surface area contributed by atoms with Crippen LogP contribution in [0, 0.1) is 0 Å². The van der Waals surface area contributed by atoms with Crippen molar-refractivity contribution in [3.05, 3.63) is 0 Å². The van der Waals surface area contributed by atoms with Crippen LogP contribution < -0.4 is 5.32 Å². The van der Waals surface area contributed by atoms with Crippen molar-refractivity contribution in [1.29, 1.82) is 0 Å². The van der Waals surface area contributed by atoms with Gasteiger partial charge in [-0.25, -0.2) is 4.79 Å². The molecule has 18 heavy (non-hydrogen) atoms. The molecule has 0 aromatic rings. The maximum Gasteiger partial charge on any atom is 0.336 e. The number of ether oxygens (including phenoxy) is 2. The van der Waals surface area contributed by atoms with E-state index in [-0.39, 0.29) is 18.4 Å². The van der Waals surface area contributed by atoms with Crippen LogP contribution in [0.25, 0.3) is 0 Å². The second-order valence-corrected chi connectivity index (χ2v) is 4.33. The molecule has 2 saturated heterocycles. The van der Waals surface area contributed by atoms with Gasteiger partial charge >= 0.3 is 5.97 Å². The molecule has 2 aliphatic rings. The summed E-state index contributed by atoms with van der Waals surface area (Å²) in [6.07, 6.45) is 0.156. The van der Waals surface area contributed by atoms with Crippen molar-refractivity contribution in [2.45, 2.75) is 25.0 Å². The number of nitrogens with zero attached hydrogens (tertiary/aromatic N) is 1. The number of esters is 1. The summed E-state index contributed by atoms with van der Waals surface area (Å²) in [6.45, 7) is 0.906. The molecule has 0 saturated carbocycles. The highest BCUT2D eigenvalue weighted by Crippen LogP contribution is 2.13. The minimum atomic E-state index is -0.732. The van der Waals surface area contributed by atoms with Gasteiger partial charge in [-0.05, 0) is 6.42 Å². The SMILES string of the molecule is COC(=O)C1CN(C(=O)[C@H]2CCC(=O)N2)CCO1. The van der Waals surface area contributed by atoms with E-state index in [0.29, 0.717) is 26.0 Å². The highest BCUT2D eigenvalue weighted by atomic mass is 16.6. The average molecular weight is 256 g/mol. The maximum absolute atomic E-state index is 12.1. The van der Waals surface area contributed by atoms with Crippen LogP contribution >= 0.6 is 0 Å². The molecular weight excluding hydrogens is 240 g/mol. The van der Waals surface area contributed by atoms with Gasteiger partial charge in [0.15, 0.2) is 6.10 Å². The van der Waals surface area contributed by atoms with Gasteiger partial charge in [-0.2, -0.15) is 0 Å². The molecule has 2 aliphatic heterocycles. The molecular formula is C11H16N2O5. The summed E-state index contributed by atoms with van der Waals surface area (Å²) in [5.41, 5.74) is 0. The Morgan fingerprint density at radius 2 is 2.28 bits per heavy atom. The van der Waals surface area contributed by atoms with Crippen LogP contribution in [0.1, 0.15) is 12.8 Å². The number of carbonyl (C=O) groups is 3. The van der Waals surface area contributed by atoms with Crippen molar-refractivity contribution >= 4 is 17.8 Å². The number of methoxy groups -OCH3 is 1. The molecule has 0 spiro atoms. The molecule has 2 atom stereocenters. The quantitative estimate of drug-likeness (QED) is 0.618. The monoisotopic (exact) mass is 256 g/mol. The van der Waals surface area contributed by atoms with Crippen molar-refractivity contribution in [1.82, 2.24) is 10.2 Å². The van der Waals surface area contributed by atoms with Crippen molar-refractivity contribution in [2.24, 2.45) is 0 Å². The Bertz CT molecular complexity index is 370. The lowest BCUT2D eigenvalue weighted by Crippen LogP contribution is -2.53. The molecule has 0 bridgehead atoms. The highest BCUT2D eigenvalue weighted by molar-refractivity contribution is 5.91. The number of nitrogens with one attached hydrogen (secondary N) is 1. The fraction of sp³-hybridized carbons (Fsp3) is 0.727. The molecule has 2 amide bonds. The summed E-state index contributed by atoms with van der Waals surface area (Å²) >= 11 is 0. The van der Waals surface area contributed by atoms with Crippen LogP contribution in [-0.2, 0) is 23.9 Å². The van der Waals surface area contributed by atoms with E-state index in [0.717, 1.165) is 0 Å². The molecule has 100 valence electrons. The van der Waals surface area contributed by atoms with Gasteiger partial charge < -0.3 is 19.7 Å².